The van der Waals surface area contributed by atoms with Crippen molar-refractivity contribution < 1.29 is 9.53 Å². The highest BCUT2D eigenvalue weighted by atomic mass is 16.5. The highest BCUT2D eigenvalue weighted by Gasteiger charge is 2.29. The lowest BCUT2D eigenvalue weighted by Crippen LogP contribution is -2.52. The van der Waals surface area contributed by atoms with E-state index in [2.05, 4.69) is 18.7 Å². The molecule has 2 aliphatic rings. The second kappa shape index (κ2) is 5.83. The second-order valence-electron chi connectivity index (χ2n) is 5.57. The summed E-state index contributed by atoms with van der Waals surface area (Å²) in [5, 5.41) is 0. The van der Waals surface area contributed by atoms with E-state index in [1.807, 2.05) is 4.90 Å². The zero-order valence-electron chi connectivity index (χ0n) is 11.0. The van der Waals surface area contributed by atoms with Gasteiger partial charge in [0.25, 0.3) is 0 Å². The van der Waals surface area contributed by atoms with Crippen molar-refractivity contribution in [3.8, 4) is 0 Å². The number of amides is 1. The molecule has 2 aliphatic heterocycles. The number of carbonyl (C=O) groups is 1. The van der Waals surface area contributed by atoms with Crippen LogP contribution in [0.4, 0.5) is 0 Å². The van der Waals surface area contributed by atoms with E-state index in [0.717, 1.165) is 38.4 Å². The van der Waals surface area contributed by atoms with Crippen LogP contribution in [0.1, 0.15) is 26.7 Å². The summed E-state index contributed by atoms with van der Waals surface area (Å²) in [6, 6.07) is 0.454. The Morgan fingerprint density at radius 3 is 2.59 bits per heavy atom. The first-order valence-corrected chi connectivity index (χ1v) is 6.76. The van der Waals surface area contributed by atoms with E-state index in [9.17, 15) is 4.79 Å². The van der Waals surface area contributed by atoms with Crippen molar-refractivity contribution in [2.24, 2.45) is 5.92 Å². The van der Waals surface area contributed by atoms with Crippen molar-refractivity contribution in [2.75, 3.05) is 39.4 Å². The van der Waals surface area contributed by atoms with E-state index in [0.29, 0.717) is 12.6 Å². The van der Waals surface area contributed by atoms with Gasteiger partial charge in [0.2, 0.25) is 5.91 Å². The van der Waals surface area contributed by atoms with Gasteiger partial charge in [-0.3, -0.25) is 4.79 Å². The SMILES string of the molecule is CC(C)CN1CCC(N2CCOCC2=O)CC1. The van der Waals surface area contributed by atoms with Gasteiger partial charge < -0.3 is 14.5 Å². The average Bonchev–Trinajstić information content (AvgIpc) is 2.30. The molecule has 0 radical (unpaired) electrons. The van der Waals surface area contributed by atoms with E-state index in [4.69, 9.17) is 4.74 Å². The number of rotatable bonds is 3. The largest absolute Gasteiger partial charge is 0.370 e. The number of carbonyl (C=O) groups excluding carboxylic acids is 1. The third-order valence-electron chi connectivity index (χ3n) is 3.64. The minimum absolute atomic E-state index is 0.179. The first kappa shape index (κ1) is 12.8. The molecule has 2 rings (SSSR count). The van der Waals surface area contributed by atoms with Crippen LogP contribution in [0.5, 0.6) is 0 Å². The molecule has 0 spiro atoms. The maximum absolute atomic E-state index is 11.7. The normalized spacial score (nSPS) is 24.6. The van der Waals surface area contributed by atoms with Crippen LogP contribution in [0.3, 0.4) is 0 Å². The Morgan fingerprint density at radius 2 is 2.00 bits per heavy atom. The fourth-order valence-corrected chi connectivity index (χ4v) is 2.85. The molecule has 0 unspecified atom stereocenters. The van der Waals surface area contributed by atoms with E-state index in [1.54, 1.807) is 0 Å². The molecule has 0 aliphatic carbocycles. The fourth-order valence-electron chi connectivity index (χ4n) is 2.85. The molecule has 2 fully saturated rings. The number of morpholine rings is 1. The molecule has 4 nitrogen and oxygen atoms in total. The molecular formula is C13H24N2O2. The van der Waals surface area contributed by atoms with Gasteiger partial charge in [0.15, 0.2) is 0 Å². The topological polar surface area (TPSA) is 32.8 Å². The predicted octanol–water partition coefficient (Wildman–Crippen LogP) is 0.966. The number of ether oxygens (including phenoxy) is 1. The van der Waals surface area contributed by atoms with Gasteiger partial charge in [-0.05, 0) is 18.8 Å². The molecule has 1 amide bonds. The highest BCUT2D eigenvalue weighted by Crippen LogP contribution is 2.19. The Morgan fingerprint density at radius 1 is 1.29 bits per heavy atom. The molecule has 0 saturated carbocycles. The lowest BCUT2D eigenvalue weighted by molar-refractivity contribution is -0.146. The quantitative estimate of drug-likeness (QED) is 0.737. The fraction of sp³-hybridized carbons (Fsp3) is 0.923. The van der Waals surface area contributed by atoms with Crippen LogP contribution >= 0.6 is 0 Å². The molecule has 2 heterocycles. The zero-order valence-corrected chi connectivity index (χ0v) is 11.0. The number of nitrogens with zero attached hydrogens (tertiary/aromatic N) is 2. The Kier molecular flexibility index (Phi) is 4.40. The standard InChI is InChI=1S/C13H24N2O2/c1-11(2)9-14-5-3-12(4-6-14)15-7-8-17-10-13(15)16/h11-12H,3-10H2,1-2H3. The molecule has 4 heteroatoms. The molecule has 0 aromatic carbocycles. The molecule has 0 bridgehead atoms. The summed E-state index contributed by atoms with van der Waals surface area (Å²) < 4.78 is 5.17. The molecule has 0 N–H and O–H groups in total. The third-order valence-corrected chi connectivity index (χ3v) is 3.64. The first-order valence-electron chi connectivity index (χ1n) is 6.76. The minimum Gasteiger partial charge on any atom is -0.370 e. The lowest BCUT2D eigenvalue weighted by Gasteiger charge is -2.40. The molecule has 2 saturated heterocycles. The van der Waals surface area contributed by atoms with Crippen molar-refractivity contribution >= 4 is 5.91 Å². The van der Waals surface area contributed by atoms with E-state index in [-0.39, 0.29) is 12.5 Å². The first-order chi connectivity index (χ1) is 8.16. The molecule has 0 aromatic heterocycles. The summed E-state index contributed by atoms with van der Waals surface area (Å²) in [5.41, 5.74) is 0. The lowest BCUT2D eigenvalue weighted by atomic mass is 10.0. The molecule has 17 heavy (non-hydrogen) atoms. The van der Waals surface area contributed by atoms with Crippen molar-refractivity contribution in [3.63, 3.8) is 0 Å². The van der Waals surface area contributed by atoms with Gasteiger partial charge >= 0.3 is 0 Å². The monoisotopic (exact) mass is 240 g/mol. The third kappa shape index (κ3) is 3.42. The zero-order chi connectivity index (χ0) is 12.3. The predicted molar refractivity (Wildman–Crippen MR) is 66.8 cm³/mol. The van der Waals surface area contributed by atoms with E-state index in [1.165, 1.54) is 6.54 Å². The average molecular weight is 240 g/mol. The van der Waals surface area contributed by atoms with Crippen LogP contribution in [-0.2, 0) is 9.53 Å². The number of hydrogen-bond acceptors (Lipinski definition) is 3. The second-order valence-corrected chi connectivity index (χ2v) is 5.57. The maximum Gasteiger partial charge on any atom is 0.248 e. The molecule has 98 valence electrons. The van der Waals surface area contributed by atoms with E-state index >= 15 is 0 Å². The summed E-state index contributed by atoms with van der Waals surface area (Å²) >= 11 is 0. The summed E-state index contributed by atoms with van der Waals surface area (Å²) in [5.74, 6) is 0.912. The van der Waals surface area contributed by atoms with E-state index < -0.39 is 0 Å². The Balaban J connectivity index is 1.80. The summed E-state index contributed by atoms with van der Waals surface area (Å²) in [7, 11) is 0. The van der Waals surface area contributed by atoms with Gasteiger partial charge in [0, 0.05) is 32.2 Å². The summed E-state index contributed by atoms with van der Waals surface area (Å²) in [6.45, 7) is 9.75. The van der Waals surface area contributed by atoms with Gasteiger partial charge in [-0.2, -0.15) is 0 Å². The summed E-state index contributed by atoms with van der Waals surface area (Å²) in [6.07, 6.45) is 2.25. The van der Waals surface area contributed by atoms with Crippen LogP contribution in [0.2, 0.25) is 0 Å². The molecular weight excluding hydrogens is 216 g/mol. The Hall–Kier alpha value is -0.610. The van der Waals surface area contributed by atoms with Crippen molar-refractivity contribution in [1.82, 2.24) is 9.80 Å². The number of piperidine rings is 1. The van der Waals surface area contributed by atoms with Gasteiger partial charge in [-0.25, -0.2) is 0 Å². The van der Waals surface area contributed by atoms with Gasteiger partial charge in [0.1, 0.15) is 6.61 Å². The minimum atomic E-state index is 0.179. The maximum atomic E-state index is 11.7. The van der Waals surface area contributed by atoms with Crippen LogP contribution in [-0.4, -0.2) is 61.1 Å². The van der Waals surface area contributed by atoms with Gasteiger partial charge in [-0.1, -0.05) is 13.8 Å². The van der Waals surface area contributed by atoms with Crippen molar-refractivity contribution in [1.29, 1.82) is 0 Å². The highest BCUT2D eigenvalue weighted by molar-refractivity contribution is 5.78. The number of hydrogen-bond donors (Lipinski definition) is 0. The molecule has 0 atom stereocenters. The number of likely N-dealkylation sites (tertiary alicyclic amines) is 1. The Bertz CT molecular complexity index is 260. The van der Waals surface area contributed by atoms with Crippen LogP contribution in [0.15, 0.2) is 0 Å². The Labute approximate surface area is 104 Å². The van der Waals surface area contributed by atoms with Crippen molar-refractivity contribution in [3.05, 3.63) is 0 Å². The van der Waals surface area contributed by atoms with Crippen LogP contribution in [0.25, 0.3) is 0 Å². The summed E-state index contributed by atoms with van der Waals surface area (Å²) in [4.78, 5) is 16.3. The molecule has 0 aromatic rings. The van der Waals surface area contributed by atoms with Gasteiger partial charge in [-0.15, -0.1) is 0 Å². The smallest absolute Gasteiger partial charge is 0.248 e. The van der Waals surface area contributed by atoms with Crippen molar-refractivity contribution in [2.45, 2.75) is 32.7 Å². The van der Waals surface area contributed by atoms with Gasteiger partial charge in [0.05, 0.1) is 6.61 Å². The van der Waals surface area contributed by atoms with Crippen LogP contribution < -0.4 is 0 Å². The van der Waals surface area contributed by atoms with Crippen LogP contribution in [0, 0.1) is 5.92 Å².